The van der Waals surface area contributed by atoms with E-state index in [-0.39, 0.29) is 0 Å². The average Bonchev–Trinajstić information content (AvgIpc) is 2.45. The minimum absolute atomic E-state index is 0.461. The Bertz CT molecular complexity index is 436. The molecule has 1 aromatic rings. The highest BCUT2D eigenvalue weighted by atomic mass is 35.5. The number of rotatable bonds is 5. The van der Waals surface area contributed by atoms with Gasteiger partial charge in [-0.3, -0.25) is 0 Å². The summed E-state index contributed by atoms with van der Waals surface area (Å²) >= 11 is 6.17. The number of nitrogens with one attached hydrogen (secondary N) is 1. The van der Waals surface area contributed by atoms with Crippen molar-refractivity contribution in [1.82, 2.24) is 5.32 Å². The molecular formula is C16H25ClN2O. The molecule has 3 nitrogen and oxygen atoms in total. The second-order valence-corrected chi connectivity index (χ2v) is 6.08. The molecule has 1 fully saturated rings. The Morgan fingerprint density at radius 2 is 2.25 bits per heavy atom. The Hall–Kier alpha value is -0.770. The predicted molar refractivity (Wildman–Crippen MR) is 85.7 cm³/mol. The van der Waals surface area contributed by atoms with Crippen molar-refractivity contribution in [2.24, 2.45) is 0 Å². The summed E-state index contributed by atoms with van der Waals surface area (Å²) in [6.07, 6.45) is 1.10. The van der Waals surface area contributed by atoms with Crippen molar-refractivity contribution in [2.45, 2.75) is 45.8 Å². The van der Waals surface area contributed by atoms with Gasteiger partial charge in [0.1, 0.15) is 0 Å². The van der Waals surface area contributed by atoms with Gasteiger partial charge in [-0.25, -0.2) is 0 Å². The van der Waals surface area contributed by atoms with Crippen molar-refractivity contribution >= 4 is 17.3 Å². The lowest BCUT2D eigenvalue weighted by Crippen LogP contribution is -2.45. The molecule has 20 heavy (non-hydrogen) atoms. The first-order valence-electron chi connectivity index (χ1n) is 7.48. The van der Waals surface area contributed by atoms with Crippen molar-refractivity contribution in [1.29, 1.82) is 0 Å². The Balaban J connectivity index is 2.24. The van der Waals surface area contributed by atoms with Crippen LogP contribution in [0.1, 0.15) is 32.8 Å². The quantitative estimate of drug-likeness (QED) is 0.901. The number of halogens is 1. The summed E-state index contributed by atoms with van der Waals surface area (Å²) in [5.74, 6) is 0. The lowest BCUT2D eigenvalue weighted by molar-refractivity contribution is 0.0929. The summed E-state index contributed by atoms with van der Waals surface area (Å²) in [5.41, 5.74) is 2.56. The molecule has 0 radical (unpaired) electrons. The maximum absolute atomic E-state index is 6.17. The minimum Gasteiger partial charge on any atom is -0.377 e. The number of hydrogen-bond acceptors (Lipinski definition) is 3. The zero-order valence-corrected chi connectivity index (χ0v) is 13.4. The Morgan fingerprint density at radius 3 is 2.95 bits per heavy atom. The first-order chi connectivity index (χ1) is 9.61. The number of morpholine rings is 1. The molecule has 0 aliphatic carbocycles. The van der Waals surface area contributed by atoms with E-state index in [0.29, 0.717) is 12.1 Å². The standard InChI is InChI=1S/C16H25ClN2O/c1-4-15-11-20-8-7-19(15)16-6-5-14(17)9-13(16)10-18-12(2)3/h5-6,9,12,15,18H,4,7-8,10-11H2,1-3H3. The number of anilines is 1. The largest absolute Gasteiger partial charge is 0.377 e. The normalized spacial score (nSPS) is 19.6. The molecule has 4 heteroatoms. The van der Waals surface area contributed by atoms with Gasteiger partial charge in [0.2, 0.25) is 0 Å². The zero-order valence-electron chi connectivity index (χ0n) is 12.7. The molecule has 0 spiro atoms. The molecule has 1 heterocycles. The zero-order chi connectivity index (χ0) is 14.5. The van der Waals surface area contributed by atoms with Gasteiger partial charge in [-0.05, 0) is 30.2 Å². The maximum Gasteiger partial charge on any atom is 0.0670 e. The number of benzene rings is 1. The molecular weight excluding hydrogens is 272 g/mol. The van der Waals surface area contributed by atoms with Crippen LogP contribution in [0.3, 0.4) is 0 Å². The molecule has 1 atom stereocenters. The maximum atomic E-state index is 6.17. The van der Waals surface area contributed by atoms with Crippen molar-refractivity contribution in [3.05, 3.63) is 28.8 Å². The van der Waals surface area contributed by atoms with Crippen LogP contribution < -0.4 is 10.2 Å². The van der Waals surface area contributed by atoms with Crippen LogP contribution in [0.25, 0.3) is 0 Å². The molecule has 2 rings (SSSR count). The van der Waals surface area contributed by atoms with E-state index >= 15 is 0 Å². The molecule has 1 N–H and O–H groups in total. The smallest absolute Gasteiger partial charge is 0.0670 e. The fourth-order valence-electron chi connectivity index (χ4n) is 2.60. The third kappa shape index (κ3) is 3.87. The van der Waals surface area contributed by atoms with Gasteiger partial charge in [0.25, 0.3) is 0 Å². The monoisotopic (exact) mass is 296 g/mol. The number of hydrogen-bond donors (Lipinski definition) is 1. The molecule has 0 saturated carbocycles. The summed E-state index contributed by atoms with van der Waals surface area (Å²) in [7, 11) is 0. The predicted octanol–water partition coefficient (Wildman–Crippen LogP) is 3.45. The molecule has 112 valence electrons. The molecule has 1 aromatic carbocycles. The molecule has 0 bridgehead atoms. The van der Waals surface area contributed by atoms with Gasteiger partial charge >= 0.3 is 0 Å². The molecule has 0 amide bonds. The molecule has 1 aliphatic heterocycles. The molecule has 1 saturated heterocycles. The van der Waals surface area contributed by atoms with E-state index in [9.17, 15) is 0 Å². The average molecular weight is 297 g/mol. The van der Waals surface area contributed by atoms with Gasteiger partial charge < -0.3 is 15.0 Å². The van der Waals surface area contributed by atoms with Crippen molar-refractivity contribution < 1.29 is 4.74 Å². The summed E-state index contributed by atoms with van der Waals surface area (Å²) in [6.45, 7) is 9.96. The van der Waals surface area contributed by atoms with Crippen molar-refractivity contribution in [2.75, 3.05) is 24.7 Å². The second-order valence-electron chi connectivity index (χ2n) is 5.64. The lowest BCUT2D eigenvalue weighted by atomic mass is 10.1. The molecule has 1 aliphatic rings. The Kier molecular flexibility index (Phi) is 5.70. The summed E-state index contributed by atoms with van der Waals surface area (Å²) in [4.78, 5) is 2.47. The topological polar surface area (TPSA) is 24.5 Å². The summed E-state index contributed by atoms with van der Waals surface area (Å²) < 4.78 is 5.60. The highest BCUT2D eigenvalue weighted by Gasteiger charge is 2.23. The van der Waals surface area contributed by atoms with Crippen LogP contribution in [0.15, 0.2) is 18.2 Å². The summed E-state index contributed by atoms with van der Waals surface area (Å²) in [6, 6.07) is 7.14. The van der Waals surface area contributed by atoms with Crippen LogP contribution in [-0.2, 0) is 11.3 Å². The van der Waals surface area contributed by atoms with Gasteiger partial charge in [-0.2, -0.15) is 0 Å². The van der Waals surface area contributed by atoms with Gasteiger partial charge in [0, 0.05) is 29.8 Å². The third-order valence-electron chi connectivity index (χ3n) is 3.75. The minimum atomic E-state index is 0.461. The van der Waals surface area contributed by atoms with Gasteiger partial charge in [-0.1, -0.05) is 32.4 Å². The van der Waals surface area contributed by atoms with E-state index in [1.807, 2.05) is 6.07 Å². The highest BCUT2D eigenvalue weighted by molar-refractivity contribution is 6.30. The van der Waals surface area contributed by atoms with Gasteiger partial charge in [-0.15, -0.1) is 0 Å². The van der Waals surface area contributed by atoms with E-state index < -0.39 is 0 Å². The van der Waals surface area contributed by atoms with E-state index in [1.165, 1.54) is 11.3 Å². The number of ether oxygens (including phenoxy) is 1. The van der Waals surface area contributed by atoms with Gasteiger partial charge in [0.05, 0.1) is 19.3 Å². The first kappa shape index (κ1) is 15.6. The van der Waals surface area contributed by atoms with Crippen molar-refractivity contribution in [3.63, 3.8) is 0 Å². The van der Waals surface area contributed by atoms with E-state index in [0.717, 1.165) is 37.7 Å². The number of nitrogens with zero attached hydrogens (tertiary/aromatic N) is 1. The van der Waals surface area contributed by atoms with Crippen LogP contribution >= 0.6 is 11.6 Å². The van der Waals surface area contributed by atoms with E-state index in [1.54, 1.807) is 0 Å². The first-order valence-corrected chi connectivity index (χ1v) is 7.85. The van der Waals surface area contributed by atoms with Crippen LogP contribution in [0.2, 0.25) is 5.02 Å². The SMILES string of the molecule is CCC1COCCN1c1ccc(Cl)cc1CNC(C)C. The molecule has 1 unspecified atom stereocenters. The summed E-state index contributed by atoms with van der Waals surface area (Å²) in [5, 5.41) is 4.29. The van der Waals surface area contributed by atoms with E-state index in [2.05, 4.69) is 43.1 Å². The fourth-order valence-corrected chi connectivity index (χ4v) is 2.79. The molecule has 0 aromatic heterocycles. The van der Waals surface area contributed by atoms with Crippen LogP contribution in [0.5, 0.6) is 0 Å². The van der Waals surface area contributed by atoms with Crippen molar-refractivity contribution in [3.8, 4) is 0 Å². The fraction of sp³-hybridized carbons (Fsp3) is 0.625. The van der Waals surface area contributed by atoms with E-state index in [4.69, 9.17) is 16.3 Å². The second kappa shape index (κ2) is 7.30. The van der Waals surface area contributed by atoms with Crippen LogP contribution in [0, 0.1) is 0 Å². The lowest BCUT2D eigenvalue weighted by Gasteiger charge is -2.38. The Labute approximate surface area is 127 Å². The Morgan fingerprint density at radius 1 is 1.45 bits per heavy atom. The highest BCUT2D eigenvalue weighted by Crippen LogP contribution is 2.28. The third-order valence-corrected chi connectivity index (χ3v) is 3.99. The van der Waals surface area contributed by atoms with Crippen LogP contribution in [-0.4, -0.2) is 31.8 Å². The van der Waals surface area contributed by atoms with Crippen LogP contribution in [0.4, 0.5) is 5.69 Å². The van der Waals surface area contributed by atoms with Gasteiger partial charge in [0.15, 0.2) is 0 Å².